The summed E-state index contributed by atoms with van der Waals surface area (Å²) in [5.74, 6) is -8.70. The fraction of sp³-hybridized carbons (Fsp3) is 0.800. The molecule has 2 N–H and O–H groups in total. The fourth-order valence-corrected chi connectivity index (χ4v) is 1.43. The van der Waals surface area contributed by atoms with Crippen molar-refractivity contribution < 1.29 is 41.0 Å². The molecular weight excluding hydrogens is 296 g/mol. The molecule has 0 spiro atoms. The van der Waals surface area contributed by atoms with Crippen molar-refractivity contribution in [1.82, 2.24) is 5.32 Å². The molecule has 0 heterocycles. The van der Waals surface area contributed by atoms with Crippen LogP contribution in [-0.4, -0.2) is 35.4 Å². The first-order valence-electron chi connectivity index (χ1n) is 5.43. The number of alkyl halides is 6. The molecule has 0 aromatic heterocycles. The summed E-state index contributed by atoms with van der Waals surface area (Å²) in [7, 11) is 0. The Kier molecular flexibility index (Phi) is 5.85. The third-order valence-corrected chi connectivity index (χ3v) is 2.24. The molecule has 0 aliphatic rings. The summed E-state index contributed by atoms with van der Waals surface area (Å²) in [6.07, 6.45) is -12.0. The van der Waals surface area contributed by atoms with E-state index in [0.717, 1.165) is 0 Å². The Labute approximate surface area is 110 Å². The number of hydrogen-bond acceptors (Lipinski definition) is 2. The molecule has 0 unspecified atom stereocenters. The van der Waals surface area contributed by atoms with Gasteiger partial charge in [0, 0.05) is 0 Å². The van der Waals surface area contributed by atoms with Gasteiger partial charge in [0.05, 0.1) is 0 Å². The Hall–Kier alpha value is -1.48. The van der Waals surface area contributed by atoms with Crippen LogP contribution >= 0.6 is 0 Å². The smallest absolute Gasteiger partial charge is 0.409 e. The second-order valence-corrected chi connectivity index (χ2v) is 4.55. The first-order valence-corrected chi connectivity index (χ1v) is 5.43. The summed E-state index contributed by atoms with van der Waals surface area (Å²) in [4.78, 5) is 21.8. The van der Waals surface area contributed by atoms with Crippen molar-refractivity contribution in [3.8, 4) is 0 Å². The van der Waals surface area contributed by atoms with Crippen LogP contribution in [-0.2, 0) is 9.59 Å². The number of nitrogens with one attached hydrogen (secondary N) is 1. The van der Waals surface area contributed by atoms with Crippen molar-refractivity contribution >= 4 is 11.9 Å². The van der Waals surface area contributed by atoms with Crippen LogP contribution in [0.1, 0.15) is 20.3 Å². The van der Waals surface area contributed by atoms with E-state index in [9.17, 15) is 35.9 Å². The van der Waals surface area contributed by atoms with Crippen LogP contribution in [0.3, 0.4) is 0 Å². The minimum absolute atomic E-state index is 0.288. The predicted molar refractivity (Wildman–Crippen MR) is 54.6 cm³/mol. The Balaban J connectivity index is 5.14. The molecule has 118 valence electrons. The maximum absolute atomic E-state index is 12.3. The lowest BCUT2D eigenvalue weighted by atomic mass is 10.0. The number of hydrogen-bond donors (Lipinski definition) is 2. The van der Waals surface area contributed by atoms with E-state index in [1.165, 1.54) is 19.2 Å². The van der Waals surface area contributed by atoms with Gasteiger partial charge >= 0.3 is 18.3 Å². The van der Waals surface area contributed by atoms with Crippen LogP contribution in [0.4, 0.5) is 26.3 Å². The molecule has 0 rings (SSSR count). The summed E-state index contributed by atoms with van der Waals surface area (Å²) in [6.45, 7) is 3.01. The third kappa shape index (κ3) is 5.66. The minimum Gasteiger partial charge on any atom is -0.480 e. The highest BCUT2D eigenvalue weighted by atomic mass is 19.4. The topological polar surface area (TPSA) is 66.4 Å². The molecule has 10 heteroatoms. The second kappa shape index (κ2) is 6.31. The molecule has 0 saturated carbocycles. The number of rotatable bonds is 5. The van der Waals surface area contributed by atoms with E-state index in [1.54, 1.807) is 0 Å². The molecule has 0 aliphatic heterocycles. The van der Waals surface area contributed by atoms with Crippen LogP contribution in [0.25, 0.3) is 0 Å². The Morgan fingerprint density at radius 2 is 1.45 bits per heavy atom. The van der Waals surface area contributed by atoms with Gasteiger partial charge in [-0.15, -0.1) is 0 Å². The molecule has 0 fully saturated rings. The van der Waals surface area contributed by atoms with Gasteiger partial charge in [0.15, 0.2) is 0 Å². The van der Waals surface area contributed by atoms with Crippen molar-refractivity contribution in [1.29, 1.82) is 0 Å². The van der Waals surface area contributed by atoms with Crippen molar-refractivity contribution in [2.75, 3.05) is 0 Å². The first-order chi connectivity index (χ1) is 8.76. The molecule has 0 radical (unpaired) electrons. The van der Waals surface area contributed by atoms with Gasteiger partial charge < -0.3 is 10.4 Å². The van der Waals surface area contributed by atoms with Crippen LogP contribution in [0.15, 0.2) is 0 Å². The predicted octanol–water partition coefficient (Wildman–Crippen LogP) is 2.34. The first kappa shape index (κ1) is 18.5. The molecule has 0 bridgehead atoms. The van der Waals surface area contributed by atoms with Crippen molar-refractivity contribution in [2.24, 2.45) is 11.8 Å². The summed E-state index contributed by atoms with van der Waals surface area (Å²) in [6, 6.07) is -1.81. The Bertz CT molecular complexity index is 349. The van der Waals surface area contributed by atoms with Gasteiger partial charge in [-0.3, -0.25) is 4.79 Å². The molecule has 0 saturated heterocycles. The van der Waals surface area contributed by atoms with E-state index < -0.39 is 36.2 Å². The average molecular weight is 309 g/mol. The molecule has 0 aromatic rings. The highest BCUT2D eigenvalue weighted by Crippen LogP contribution is 2.39. The van der Waals surface area contributed by atoms with Crippen LogP contribution < -0.4 is 5.32 Å². The van der Waals surface area contributed by atoms with E-state index in [2.05, 4.69) is 0 Å². The summed E-state index contributed by atoms with van der Waals surface area (Å²) >= 11 is 0. The number of halogens is 6. The Morgan fingerprint density at radius 3 is 1.70 bits per heavy atom. The normalized spacial score (nSPS) is 14.5. The number of carboxylic acids is 1. The van der Waals surface area contributed by atoms with E-state index in [4.69, 9.17) is 5.11 Å². The number of carbonyl (C=O) groups excluding carboxylic acids is 1. The number of carboxylic acid groups (broad SMARTS) is 1. The Morgan fingerprint density at radius 1 is 1.05 bits per heavy atom. The summed E-state index contributed by atoms with van der Waals surface area (Å²) in [5, 5.41) is 9.96. The molecule has 1 amide bonds. The minimum atomic E-state index is -5.84. The highest BCUT2D eigenvalue weighted by Gasteiger charge is 2.61. The van der Waals surface area contributed by atoms with Crippen LogP contribution in [0.5, 0.6) is 0 Å². The molecule has 0 aromatic carbocycles. The lowest BCUT2D eigenvalue weighted by molar-refractivity contribution is -0.274. The van der Waals surface area contributed by atoms with Crippen molar-refractivity contribution in [2.45, 2.75) is 38.7 Å². The molecule has 0 aliphatic carbocycles. The fourth-order valence-electron chi connectivity index (χ4n) is 1.43. The number of aliphatic carboxylic acids is 1. The number of amides is 1. The van der Waals surface area contributed by atoms with Gasteiger partial charge in [0.2, 0.25) is 11.8 Å². The zero-order chi connectivity index (χ0) is 16.3. The lowest BCUT2D eigenvalue weighted by Gasteiger charge is -2.24. The van der Waals surface area contributed by atoms with Gasteiger partial charge in [-0.05, 0) is 12.3 Å². The molecular formula is C10H13F6NO3. The largest absolute Gasteiger partial charge is 0.480 e. The van der Waals surface area contributed by atoms with E-state index in [-0.39, 0.29) is 12.3 Å². The molecule has 20 heavy (non-hydrogen) atoms. The van der Waals surface area contributed by atoms with Crippen LogP contribution in [0, 0.1) is 11.8 Å². The van der Waals surface area contributed by atoms with Crippen molar-refractivity contribution in [3.05, 3.63) is 0 Å². The van der Waals surface area contributed by atoms with Gasteiger partial charge in [-0.2, -0.15) is 26.3 Å². The number of carbonyl (C=O) groups is 2. The lowest BCUT2D eigenvalue weighted by Crippen LogP contribution is -2.52. The van der Waals surface area contributed by atoms with Crippen molar-refractivity contribution in [3.63, 3.8) is 0 Å². The maximum atomic E-state index is 12.3. The van der Waals surface area contributed by atoms with Crippen LogP contribution in [0.2, 0.25) is 0 Å². The highest BCUT2D eigenvalue weighted by molar-refractivity contribution is 5.85. The monoisotopic (exact) mass is 309 g/mol. The van der Waals surface area contributed by atoms with Gasteiger partial charge in [-0.1, -0.05) is 13.8 Å². The second-order valence-electron chi connectivity index (χ2n) is 4.55. The quantitative estimate of drug-likeness (QED) is 0.766. The van der Waals surface area contributed by atoms with E-state index in [0.29, 0.717) is 0 Å². The average Bonchev–Trinajstić information content (AvgIpc) is 2.09. The summed E-state index contributed by atoms with van der Waals surface area (Å²) in [5.41, 5.74) is 0. The zero-order valence-corrected chi connectivity index (χ0v) is 10.5. The zero-order valence-electron chi connectivity index (χ0n) is 10.5. The molecule has 4 nitrogen and oxygen atoms in total. The van der Waals surface area contributed by atoms with E-state index in [1.807, 2.05) is 0 Å². The maximum Gasteiger partial charge on any atom is 0.409 e. The van der Waals surface area contributed by atoms with Gasteiger partial charge in [-0.25, -0.2) is 4.79 Å². The summed E-state index contributed by atoms with van der Waals surface area (Å²) < 4.78 is 73.5. The molecule has 1 atom stereocenters. The SMILES string of the molecule is CC(C)C[C@@H](NC(=O)C(C(F)(F)F)C(F)(F)F)C(=O)O. The van der Waals surface area contributed by atoms with E-state index >= 15 is 0 Å². The van der Waals surface area contributed by atoms with Gasteiger partial charge in [0.25, 0.3) is 0 Å². The standard InChI is InChI=1S/C10H13F6NO3/c1-4(2)3-5(8(19)20)17-7(18)6(9(11,12)13)10(14,15)16/h4-6H,3H2,1-2H3,(H,17,18)(H,19,20)/t5-/m1/s1. The third-order valence-electron chi connectivity index (χ3n) is 2.24. The van der Waals surface area contributed by atoms with Gasteiger partial charge in [0.1, 0.15) is 6.04 Å².